The third kappa shape index (κ3) is 3.82. The molecule has 1 aliphatic heterocycles. The Kier molecular flexibility index (Phi) is 4.22. The maximum absolute atomic E-state index is 12.6. The highest BCUT2D eigenvalue weighted by atomic mass is 19.4. The first kappa shape index (κ1) is 15.4. The Morgan fingerprint density at radius 2 is 1.96 bits per heavy atom. The van der Waals surface area contributed by atoms with Gasteiger partial charge in [0.25, 0.3) is 0 Å². The lowest BCUT2D eigenvalue weighted by atomic mass is 10.2. The van der Waals surface area contributed by atoms with Gasteiger partial charge in [-0.15, -0.1) is 0 Å². The predicted octanol–water partition coefficient (Wildman–Crippen LogP) is 2.33. The van der Waals surface area contributed by atoms with Crippen molar-refractivity contribution in [2.45, 2.75) is 19.1 Å². The van der Waals surface area contributed by atoms with Gasteiger partial charge in [-0.1, -0.05) is 12.1 Å². The van der Waals surface area contributed by atoms with E-state index in [0.29, 0.717) is 12.2 Å². The molecular formula is C15H16F3N5. The van der Waals surface area contributed by atoms with Gasteiger partial charge in [0.05, 0.1) is 5.69 Å². The zero-order valence-corrected chi connectivity index (χ0v) is 12.3. The SMILES string of the molecule is FC(F)(F)c1ccn(-c2ccc(CNC3=NCCCN3)cc2)n1. The van der Waals surface area contributed by atoms with Crippen LogP contribution in [0.25, 0.3) is 5.69 Å². The topological polar surface area (TPSA) is 54.2 Å². The highest BCUT2D eigenvalue weighted by molar-refractivity contribution is 5.80. The number of nitrogens with zero attached hydrogens (tertiary/aromatic N) is 3. The fraction of sp³-hybridized carbons (Fsp3) is 0.333. The molecular weight excluding hydrogens is 307 g/mol. The lowest BCUT2D eigenvalue weighted by molar-refractivity contribution is -0.141. The maximum Gasteiger partial charge on any atom is 0.435 e. The summed E-state index contributed by atoms with van der Waals surface area (Å²) in [7, 11) is 0. The zero-order chi connectivity index (χ0) is 16.3. The Bertz CT molecular complexity index is 688. The van der Waals surface area contributed by atoms with Gasteiger partial charge in [-0.2, -0.15) is 18.3 Å². The summed E-state index contributed by atoms with van der Waals surface area (Å²) < 4.78 is 38.9. The van der Waals surface area contributed by atoms with Crippen LogP contribution in [0.15, 0.2) is 41.5 Å². The summed E-state index contributed by atoms with van der Waals surface area (Å²) >= 11 is 0. The van der Waals surface area contributed by atoms with Crippen molar-refractivity contribution in [2.24, 2.45) is 4.99 Å². The van der Waals surface area contributed by atoms with Crippen LogP contribution < -0.4 is 10.6 Å². The van der Waals surface area contributed by atoms with Crippen LogP contribution in [0.5, 0.6) is 0 Å². The molecule has 1 aliphatic rings. The van der Waals surface area contributed by atoms with E-state index in [0.717, 1.165) is 37.1 Å². The van der Waals surface area contributed by atoms with Gasteiger partial charge in [0.1, 0.15) is 0 Å². The van der Waals surface area contributed by atoms with Gasteiger partial charge in [-0.25, -0.2) is 4.68 Å². The molecule has 0 radical (unpaired) electrons. The highest BCUT2D eigenvalue weighted by Crippen LogP contribution is 2.27. The van der Waals surface area contributed by atoms with Crippen LogP contribution in [0.3, 0.4) is 0 Å². The molecule has 0 atom stereocenters. The van der Waals surface area contributed by atoms with Crippen molar-refractivity contribution >= 4 is 5.96 Å². The van der Waals surface area contributed by atoms with Gasteiger partial charge in [0, 0.05) is 25.8 Å². The Morgan fingerprint density at radius 3 is 2.57 bits per heavy atom. The van der Waals surface area contributed by atoms with Crippen LogP contribution in [-0.2, 0) is 12.7 Å². The average Bonchev–Trinajstić information content (AvgIpc) is 3.05. The van der Waals surface area contributed by atoms with Gasteiger partial charge < -0.3 is 10.6 Å². The summed E-state index contributed by atoms with van der Waals surface area (Å²) in [6.45, 7) is 2.32. The molecule has 0 fully saturated rings. The van der Waals surface area contributed by atoms with Crippen molar-refractivity contribution in [1.82, 2.24) is 20.4 Å². The minimum Gasteiger partial charge on any atom is -0.356 e. The first-order chi connectivity index (χ1) is 11.0. The number of alkyl halides is 3. The average molecular weight is 323 g/mol. The van der Waals surface area contributed by atoms with Crippen LogP contribution in [0, 0.1) is 0 Å². The van der Waals surface area contributed by atoms with Crippen LogP contribution in [0.1, 0.15) is 17.7 Å². The summed E-state index contributed by atoms with van der Waals surface area (Å²) in [5.41, 5.74) is 0.689. The number of benzene rings is 1. The molecule has 1 aromatic heterocycles. The van der Waals surface area contributed by atoms with Gasteiger partial charge in [-0.05, 0) is 30.2 Å². The van der Waals surface area contributed by atoms with Gasteiger partial charge >= 0.3 is 6.18 Å². The molecule has 0 aliphatic carbocycles. The number of guanidine groups is 1. The number of nitrogens with one attached hydrogen (secondary N) is 2. The van der Waals surface area contributed by atoms with E-state index in [2.05, 4.69) is 20.7 Å². The van der Waals surface area contributed by atoms with Crippen molar-refractivity contribution in [3.8, 4) is 5.69 Å². The van der Waals surface area contributed by atoms with Crippen molar-refractivity contribution in [1.29, 1.82) is 0 Å². The normalized spacial score (nSPS) is 15.0. The Morgan fingerprint density at radius 1 is 1.17 bits per heavy atom. The van der Waals surface area contributed by atoms with E-state index in [4.69, 9.17) is 0 Å². The minimum atomic E-state index is -4.43. The second-order valence-corrected chi connectivity index (χ2v) is 5.17. The number of aromatic nitrogens is 2. The molecule has 8 heteroatoms. The van der Waals surface area contributed by atoms with E-state index >= 15 is 0 Å². The Balaban J connectivity index is 1.65. The highest BCUT2D eigenvalue weighted by Gasteiger charge is 2.33. The number of hydrogen-bond donors (Lipinski definition) is 2. The molecule has 0 unspecified atom stereocenters. The van der Waals surface area contributed by atoms with E-state index in [1.54, 1.807) is 12.1 Å². The molecule has 2 N–H and O–H groups in total. The number of aliphatic imine (C=N–C) groups is 1. The fourth-order valence-electron chi connectivity index (χ4n) is 2.22. The van der Waals surface area contributed by atoms with Crippen LogP contribution in [0.4, 0.5) is 13.2 Å². The summed E-state index contributed by atoms with van der Waals surface area (Å²) in [5.74, 6) is 0.780. The van der Waals surface area contributed by atoms with Crippen LogP contribution >= 0.6 is 0 Å². The molecule has 0 saturated heterocycles. The molecule has 0 spiro atoms. The van der Waals surface area contributed by atoms with Gasteiger partial charge in [0.2, 0.25) is 0 Å². The molecule has 1 aromatic carbocycles. The predicted molar refractivity (Wildman–Crippen MR) is 80.3 cm³/mol. The third-order valence-electron chi connectivity index (χ3n) is 3.44. The summed E-state index contributed by atoms with van der Waals surface area (Å²) in [6.07, 6.45) is -2.09. The summed E-state index contributed by atoms with van der Waals surface area (Å²) in [6, 6.07) is 8.13. The fourth-order valence-corrected chi connectivity index (χ4v) is 2.22. The number of halogens is 3. The molecule has 0 saturated carbocycles. The van der Waals surface area contributed by atoms with Gasteiger partial charge in [-0.3, -0.25) is 4.99 Å². The van der Waals surface area contributed by atoms with Crippen molar-refractivity contribution in [3.05, 3.63) is 47.8 Å². The Hall–Kier alpha value is -2.51. The minimum absolute atomic E-state index is 0.581. The number of rotatable bonds is 3. The van der Waals surface area contributed by atoms with Crippen LogP contribution in [0.2, 0.25) is 0 Å². The maximum atomic E-state index is 12.6. The molecule has 2 aromatic rings. The smallest absolute Gasteiger partial charge is 0.356 e. The monoisotopic (exact) mass is 323 g/mol. The molecule has 23 heavy (non-hydrogen) atoms. The molecule has 2 heterocycles. The number of hydrogen-bond acceptors (Lipinski definition) is 4. The van der Waals surface area contributed by atoms with Crippen molar-refractivity contribution in [2.75, 3.05) is 13.1 Å². The molecule has 0 bridgehead atoms. The lowest BCUT2D eigenvalue weighted by Gasteiger charge is -2.16. The first-order valence-electron chi connectivity index (χ1n) is 7.27. The summed E-state index contributed by atoms with van der Waals surface area (Å²) in [5, 5.41) is 9.90. The molecule has 0 amide bonds. The van der Waals surface area contributed by atoms with Crippen molar-refractivity contribution < 1.29 is 13.2 Å². The molecule has 5 nitrogen and oxygen atoms in total. The Labute approximate surface area is 131 Å². The van der Waals surface area contributed by atoms with E-state index in [1.807, 2.05) is 12.1 Å². The largest absolute Gasteiger partial charge is 0.435 e. The second-order valence-electron chi connectivity index (χ2n) is 5.17. The summed E-state index contributed by atoms with van der Waals surface area (Å²) in [4.78, 5) is 4.31. The van der Waals surface area contributed by atoms with E-state index in [1.165, 1.54) is 10.9 Å². The molecule has 3 rings (SSSR count). The zero-order valence-electron chi connectivity index (χ0n) is 12.3. The molecule has 122 valence electrons. The van der Waals surface area contributed by atoms with Crippen LogP contribution in [-0.4, -0.2) is 28.8 Å². The quantitative estimate of drug-likeness (QED) is 0.911. The van der Waals surface area contributed by atoms with Gasteiger partial charge in [0.15, 0.2) is 11.7 Å². The van der Waals surface area contributed by atoms with E-state index < -0.39 is 11.9 Å². The standard InChI is InChI=1S/C15H16F3N5/c16-15(17,18)13-6-9-23(22-13)12-4-2-11(3-5-12)10-21-14-19-7-1-8-20-14/h2-6,9H,1,7-8,10H2,(H2,19,20,21). The van der Waals surface area contributed by atoms with E-state index in [-0.39, 0.29) is 0 Å². The first-order valence-corrected chi connectivity index (χ1v) is 7.27. The second kappa shape index (κ2) is 6.31. The van der Waals surface area contributed by atoms with Crippen molar-refractivity contribution in [3.63, 3.8) is 0 Å². The lowest BCUT2D eigenvalue weighted by Crippen LogP contribution is -2.40. The van der Waals surface area contributed by atoms with E-state index in [9.17, 15) is 13.2 Å². The third-order valence-corrected chi connectivity index (χ3v) is 3.44.